The van der Waals surface area contributed by atoms with Gasteiger partial charge in [0.25, 0.3) is 5.91 Å². The standard InChI is InChI=1S/C22H23FN2O3/c1-2-19-22(27)25(12-14-3-7-17(23)8-4-14)13-16-11-18(9-10-20(16)28-19)24-21(26)15-5-6-15/h3-4,7-11,15,19H,2,5-6,12-13H2,1H3,(H,24,26). The van der Waals surface area contributed by atoms with Gasteiger partial charge in [0.15, 0.2) is 6.10 Å². The molecule has 1 heterocycles. The third kappa shape index (κ3) is 4.01. The van der Waals surface area contributed by atoms with Crippen LogP contribution in [0.5, 0.6) is 5.75 Å². The van der Waals surface area contributed by atoms with Crippen molar-refractivity contribution in [2.24, 2.45) is 5.92 Å². The number of nitrogens with one attached hydrogen (secondary N) is 1. The van der Waals surface area contributed by atoms with Crippen molar-refractivity contribution < 1.29 is 18.7 Å². The molecular formula is C22H23FN2O3. The molecule has 1 unspecified atom stereocenters. The number of hydrogen-bond donors (Lipinski definition) is 1. The Balaban J connectivity index is 1.58. The summed E-state index contributed by atoms with van der Waals surface area (Å²) in [5, 5.41) is 2.94. The van der Waals surface area contributed by atoms with Crippen LogP contribution in [0.3, 0.4) is 0 Å². The number of carbonyl (C=O) groups excluding carboxylic acids is 2. The molecular weight excluding hydrogens is 359 g/mol. The van der Waals surface area contributed by atoms with Gasteiger partial charge in [0.1, 0.15) is 11.6 Å². The van der Waals surface area contributed by atoms with Crippen LogP contribution >= 0.6 is 0 Å². The van der Waals surface area contributed by atoms with Crippen molar-refractivity contribution in [2.75, 3.05) is 5.32 Å². The molecule has 2 aromatic carbocycles. The van der Waals surface area contributed by atoms with E-state index in [9.17, 15) is 14.0 Å². The minimum Gasteiger partial charge on any atom is -0.480 e. The predicted octanol–water partition coefficient (Wildman–Crippen LogP) is 3.87. The van der Waals surface area contributed by atoms with E-state index in [-0.39, 0.29) is 23.5 Å². The highest BCUT2D eigenvalue weighted by Gasteiger charge is 2.31. The molecule has 146 valence electrons. The summed E-state index contributed by atoms with van der Waals surface area (Å²) in [5.41, 5.74) is 2.41. The smallest absolute Gasteiger partial charge is 0.264 e. The minimum absolute atomic E-state index is 0.0418. The first-order valence-electron chi connectivity index (χ1n) is 9.67. The van der Waals surface area contributed by atoms with Gasteiger partial charge in [-0.3, -0.25) is 9.59 Å². The van der Waals surface area contributed by atoms with E-state index < -0.39 is 6.10 Å². The lowest BCUT2D eigenvalue weighted by atomic mass is 10.1. The van der Waals surface area contributed by atoms with E-state index in [4.69, 9.17) is 4.74 Å². The quantitative estimate of drug-likeness (QED) is 0.854. The summed E-state index contributed by atoms with van der Waals surface area (Å²) in [5.74, 6) is 0.427. The van der Waals surface area contributed by atoms with Crippen molar-refractivity contribution in [1.82, 2.24) is 4.90 Å². The lowest BCUT2D eigenvalue weighted by Crippen LogP contribution is -2.38. The van der Waals surface area contributed by atoms with Crippen LogP contribution in [0.2, 0.25) is 0 Å². The number of rotatable bonds is 5. The van der Waals surface area contributed by atoms with Gasteiger partial charge in [0, 0.05) is 30.3 Å². The molecule has 0 saturated heterocycles. The molecule has 1 aliphatic carbocycles. The summed E-state index contributed by atoms with van der Waals surface area (Å²) in [4.78, 5) is 26.7. The van der Waals surface area contributed by atoms with Gasteiger partial charge in [0.05, 0.1) is 0 Å². The largest absolute Gasteiger partial charge is 0.480 e. The van der Waals surface area contributed by atoms with Crippen LogP contribution in [0.25, 0.3) is 0 Å². The van der Waals surface area contributed by atoms with Crippen LogP contribution in [0, 0.1) is 11.7 Å². The summed E-state index contributed by atoms with van der Waals surface area (Å²) in [6.45, 7) is 2.65. The molecule has 5 nitrogen and oxygen atoms in total. The van der Waals surface area contributed by atoms with Crippen LogP contribution in [-0.2, 0) is 22.7 Å². The fourth-order valence-corrected chi connectivity index (χ4v) is 3.38. The third-order valence-electron chi connectivity index (χ3n) is 5.15. The van der Waals surface area contributed by atoms with Gasteiger partial charge in [-0.25, -0.2) is 4.39 Å². The summed E-state index contributed by atoms with van der Waals surface area (Å²) < 4.78 is 19.2. The van der Waals surface area contributed by atoms with E-state index in [0.29, 0.717) is 30.9 Å². The monoisotopic (exact) mass is 382 g/mol. The van der Waals surface area contributed by atoms with Crippen LogP contribution in [0.4, 0.5) is 10.1 Å². The number of anilines is 1. The summed E-state index contributed by atoms with van der Waals surface area (Å²) in [7, 11) is 0. The maximum atomic E-state index is 13.2. The lowest BCUT2D eigenvalue weighted by Gasteiger charge is -2.23. The number of ether oxygens (including phenoxy) is 1. The van der Waals surface area contributed by atoms with E-state index in [1.54, 1.807) is 17.0 Å². The van der Waals surface area contributed by atoms with E-state index in [1.165, 1.54) is 12.1 Å². The van der Waals surface area contributed by atoms with Gasteiger partial charge in [-0.15, -0.1) is 0 Å². The molecule has 4 rings (SSSR count). The molecule has 1 fully saturated rings. The molecule has 0 aromatic heterocycles. The zero-order valence-corrected chi connectivity index (χ0v) is 15.8. The van der Waals surface area contributed by atoms with Gasteiger partial charge in [-0.1, -0.05) is 19.1 Å². The Labute approximate surface area is 163 Å². The molecule has 1 aliphatic heterocycles. The average Bonchev–Trinajstić information content (AvgIpc) is 3.53. The van der Waals surface area contributed by atoms with Gasteiger partial charge >= 0.3 is 0 Å². The molecule has 6 heteroatoms. The Kier molecular flexibility index (Phi) is 5.03. The molecule has 0 radical (unpaired) electrons. The fraction of sp³-hybridized carbons (Fsp3) is 0.364. The summed E-state index contributed by atoms with van der Waals surface area (Å²) in [6, 6.07) is 11.7. The highest BCUT2D eigenvalue weighted by atomic mass is 19.1. The van der Waals surface area contributed by atoms with Crippen molar-refractivity contribution in [3.05, 3.63) is 59.4 Å². The second-order valence-corrected chi connectivity index (χ2v) is 7.42. The first kappa shape index (κ1) is 18.5. The van der Waals surface area contributed by atoms with Crippen LogP contribution in [0.15, 0.2) is 42.5 Å². The topological polar surface area (TPSA) is 58.6 Å². The van der Waals surface area contributed by atoms with E-state index in [2.05, 4.69) is 5.32 Å². The Hall–Kier alpha value is -2.89. The molecule has 28 heavy (non-hydrogen) atoms. The lowest BCUT2D eigenvalue weighted by molar-refractivity contribution is -0.139. The molecule has 1 saturated carbocycles. The summed E-state index contributed by atoms with van der Waals surface area (Å²) in [6.07, 6.45) is 1.88. The van der Waals surface area contributed by atoms with E-state index >= 15 is 0 Å². The number of carbonyl (C=O) groups is 2. The van der Waals surface area contributed by atoms with Crippen molar-refractivity contribution in [3.8, 4) is 5.75 Å². The van der Waals surface area contributed by atoms with Crippen LogP contribution < -0.4 is 10.1 Å². The fourth-order valence-electron chi connectivity index (χ4n) is 3.38. The van der Waals surface area contributed by atoms with E-state index in [0.717, 1.165) is 24.0 Å². The van der Waals surface area contributed by atoms with Gasteiger partial charge < -0.3 is 15.0 Å². The number of amides is 2. The number of halogens is 1. The molecule has 0 bridgehead atoms. The van der Waals surface area contributed by atoms with Crippen LogP contribution in [0.1, 0.15) is 37.3 Å². The number of nitrogens with zero attached hydrogens (tertiary/aromatic N) is 1. The second kappa shape index (κ2) is 7.62. The maximum absolute atomic E-state index is 13.2. The number of hydrogen-bond acceptors (Lipinski definition) is 3. The first-order valence-corrected chi connectivity index (χ1v) is 9.67. The minimum atomic E-state index is -0.561. The third-order valence-corrected chi connectivity index (χ3v) is 5.15. The van der Waals surface area contributed by atoms with Gasteiger partial charge in [-0.2, -0.15) is 0 Å². The summed E-state index contributed by atoms with van der Waals surface area (Å²) >= 11 is 0. The van der Waals surface area contributed by atoms with Crippen molar-refractivity contribution in [3.63, 3.8) is 0 Å². The average molecular weight is 382 g/mol. The Bertz CT molecular complexity index is 893. The van der Waals surface area contributed by atoms with Crippen molar-refractivity contribution in [1.29, 1.82) is 0 Å². The molecule has 2 amide bonds. The van der Waals surface area contributed by atoms with Crippen molar-refractivity contribution >= 4 is 17.5 Å². The number of benzene rings is 2. The predicted molar refractivity (Wildman–Crippen MR) is 103 cm³/mol. The zero-order chi connectivity index (χ0) is 19.7. The Morgan fingerprint density at radius 1 is 1.21 bits per heavy atom. The second-order valence-electron chi connectivity index (χ2n) is 7.42. The Morgan fingerprint density at radius 2 is 1.96 bits per heavy atom. The first-order chi connectivity index (χ1) is 13.5. The number of fused-ring (bicyclic) bond motifs is 1. The van der Waals surface area contributed by atoms with Crippen LogP contribution in [-0.4, -0.2) is 22.8 Å². The molecule has 2 aliphatic rings. The molecule has 2 aromatic rings. The zero-order valence-electron chi connectivity index (χ0n) is 15.8. The maximum Gasteiger partial charge on any atom is 0.264 e. The SMILES string of the molecule is CCC1Oc2ccc(NC(=O)C3CC3)cc2CN(Cc2ccc(F)cc2)C1=O. The molecule has 0 spiro atoms. The van der Waals surface area contributed by atoms with Gasteiger partial charge in [0.2, 0.25) is 5.91 Å². The van der Waals surface area contributed by atoms with Crippen molar-refractivity contribution in [2.45, 2.75) is 45.4 Å². The molecule has 1 atom stereocenters. The highest BCUT2D eigenvalue weighted by Crippen LogP contribution is 2.33. The Morgan fingerprint density at radius 3 is 2.64 bits per heavy atom. The van der Waals surface area contributed by atoms with Gasteiger partial charge in [-0.05, 0) is 55.2 Å². The normalized spacial score (nSPS) is 18.9. The highest BCUT2D eigenvalue weighted by molar-refractivity contribution is 5.94. The molecule has 1 N–H and O–H groups in total. The van der Waals surface area contributed by atoms with E-state index in [1.807, 2.05) is 25.1 Å².